The van der Waals surface area contributed by atoms with Crippen LogP contribution in [0.1, 0.15) is 11.1 Å². The van der Waals surface area contributed by atoms with Crippen molar-refractivity contribution in [3.8, 4) is 11.5 Å². The number of carbonyl (C=O) groups is 2. The predicted octanol–water partition coefficient (Wildman–Crippen LogP) is 4.60. The molecule has 0 aliphatic carbocycles. The first kappa shape index (κ1) is 19.8. The lowest BCUT2D eigenvalue weighted by Crippen LogP contribution is -2.25. The van der Waals surface area contributed by atoms with Gasteiger partial charge < -0.3 is 14.8 Å². The molecule has 1 fully saturated rings. The number of benzene rings is 3. The smallest absolute Gasteiger partial charge is 0.328 e. The SMILES string of the molecule is COc1cc(/C=C2/NC(=O)N(C)C2=O)cc(Cl)c1OCc1ccc2ccccc2c1. The van der Waals surface area contributed by atoms with Crippen molar-refractivity contribution in [3.63, 3.8) is 0 Å². The second-order valence-corrected chi connectivity index (χ2v) is 7.26. The van der Waals surface area contributed by atoms with Crippen LogP contribution in [0.4, 0.5) is 4.79 Å². The maximum Gasteiger partial charge on any atom is 0.328 e. The zero-order valence-corrected chi connectivity index (χ0v) is 17.2. The molecule has 1 N–H and O–H groups in total. The summed E-state index contributed by atoms with van der Waals surface area (Å²) in [5, 5.41) is 5.15. The van der Waals surface area contributed by atoms with Crippen LogP contribution in [0.2, 0.25) is 5.02 Å². The number of carbonyl (C=O) groups excluding carboxylic acids is 2. The van der Waals surface area contributed by atoms with Crippen LogP contribution in [0.25, 0.3) is 16.8 Å². The Bertz CT molecular complexity index is 1190. The summed E-state index contributed by atoms with van der Waals surface area (Å²) in [6.07, 6.45) is 1.55. The summed E-state index contributed by atoms with van der Waals surface area (Å²) in [5.41, 5.74) is 1.78. The standard InChI is InChI=1S/C23H19ClN2O4/c1-26-22(27)19(25-23(26)28)11-15-10-18(24)21(20(12-15)29-2)30-13-14-7-8-16-5-3-4-6-17(16)9-14/h3-12H,13H2,1-2H3,(H,25,28)/b19-11+. The molecule has 1 aliphatic rings. The third-order valence-corrected chi connectivity index (χ3v) is 5.12. The average Bonchev–Trinajstić information content (AvgIpc) is 2.99. The largest absolute Gasteiger partial charge is 0.493 e. The molecule has 30 heavy (non-hydrogen) atoms. The van der Waals surface area contributed by atoms with Gasteiger partial charge in [-0.15, -0.1) is 0 Å². The van der Waals surface area contributed by atoms with E-state index < -0.39 is 11.9 Å². The maximum atomic E-state index is 12.1. The highest BCUT2D eigenvalue weighted by molar-refractivity contribution is 6.32. The number of hydrogen-bond donors (Lipinski definition) is 1. The van der Waals surface area contributed by atoms with Crippen LogP contribution in [0.3, 0.4) is 0 Å². The highest BCUT2D eigenvalue weighted by Gasteiger charge is 2.30. The number of nitrogens with one attached hydrogen (secondary N) is 1. The first-order chi connectivity index (χ1) is 14.5. The molecule has 6 nitrogen and oxygen atoms in total. The van der Waals surface area contributed by atoms with Gasteiger partial charge in [0, 0.05) is 7.05 Å². The first-order valence-electron chi connectivity index (χ1n) is 9.25. The minimum atomic E-state index is -0.473. The Balaban J connectivity index is 1.58. The number of likely N-dealkylation sites (N-methyl/N-ethyl adjacent to an activating group) is 1. The lowest BCUT2D eigenvalue weighted by atomic mass is 10.1. The van der Waals surface area contributed by atoms with Crippen LogP contribution in [-0.2, 0) is 11.4 Å². The quantitative estimate of drug-likeness (QED) is 0.482. The zero-order valence-electron chi connectivity index (χ0n) is 16.4. The Kier molecular flexibility index (Phi) is 5.33. The summed E-state index contributed by atoms with van der Waals surface area (Å²) in [6, 6.07) is 17.1. The molecule has 3 aromatic carbocycles. The van der Waals surface area contributed by atoms with Gasteiger partial charge >= 0.3 is 6.03 Å². The molecule has 0 aromatic heterocycles. The first-order valence-corrected chi connectivity index (χ1v) is 9.63. The van der Waals surface area contributed by atoms with Crippen molar-refractivity contribution in [1.29, 1.82) is 0 Å². The molecule has 0 bridgehead atoms. The van der Waals surface area contributed by atoms with Crippen molar-refractivity contribution in [2.24, 2.45) is 0 Å². The molecule has 152 valence electrons. The van der Waals surface area contributed by atoms with Crippen molar-refractivity contribution < 1.29 is 19.1 Å². The predicted molar refractivity (Wildman–Crippen MR) is 116 cm³/mol. The Morgan fingerprint density at radius 1 is 1.07 bits per heavy atom. The molecule has 3 amide bonds. The molecule has 7 heteroatoms. The molecule has 0 saturated carbocycles. The fourth-order valence-electron chi connectivity index (χ4n) is 3.24. The highest BCUT2D eigenvalue weighted by Crippen LogP contribution is 2.37. The van der Waals surface area contributed by atoms with Gasteiger partial charge in [0.1, 0.15) is 12.3 Å². The van der Waals surface area contributed by atoms with Crippen LogP contribution >= 0.6 is 11.6 Å². The van der Waals surface area contributed by atoms with Crippen LogP contribution < -0.4 is 14.8 Å². The summed E-state index contributed by atoms with van der Waals surface area (Å²) in [6.45, 7) is 0.320. The minimum Gasteiger partial charge on any atom is -0.493 e. The molecule has 1 aliphatic heterocycles. The van der Waals surface area contributed by atoms with Crippen molar-refractivity contribution in [2.75, 3.05) is 14.2 Å². The molecule has 0 unspecified atom stereocenters. The zero-order chi connectivity index (χ0) is 21.3. The van der Waals surface area contributed by atoms with Crippen molar-refractivity contribution in [1.82, 2.24) is 10.2 Å². The Morgan fingerprint density at radius 2 is 1.83 bits per heavy atom. The van der Waals surface area contributed by atoms with Gasteiger partial charge in [0.05, 0.1) is 12.1 Å². The van der Waals surface area contributed by atoms with Gasteiger partial charge in [-0.25, -0.2) is 4.79 Å². The molecular weight excluding hydrogens is 404 g/mol. The second kappa shape index (κ2) is 8.08. The maximum absolute atomic E-state index is 12.1. The lowest BCUT2D eigenvalue weighted by molar-refractivity contribution is -0.121. The number of rotatable bonds is 5. The number of hydrogen-bond acceptors (Lipinski definition) is 4. The number of halogens is 1. The van der Waals surface area contributed by atoms with E-state index in [1.54, 1.807) is 18.2 Å². The second-order valence-electron chi connectivity index (χ2n) is 6.86. The molecule has 1 heterocycles. The van der Waals surface area contributed by atoms with E-state index in [0.29, 0.717) is 28.7 Å². The minimum absolute atomic E-state index is 0.172. The van der Waals surface area contributed by atoms with Crippen molar-refractivity contribution in [2.45, 2.75) is 6.61 Å². The van der Waals surface area contributed by atoms with E-state index in [-0.39, 0.29) is 5.70 Å². The number of methoxy groups -OCH3 is 1. The number of amides is 3. The topological polar surface area (TPSA) is 67.9 Å². The number of imide groups is 1. The Labute approximate surface area is 178 Å². The van der Waals surface area contributed by atoms with Crippen LogP contribution in [0.15, 0.2) is 60.3 Å². The summed E-state index contributed by atoms with van der Waals surface area (Å²) >= 11 is 6.44. The lowest BCUT2D eigenvalue weighted by Gasteiger charge is -2.14. The molecular formula is C23H19ClN2O4. The molecule has 0 radical (unpaired) electrons. The van der Waals surface area contributed by atoms with Gasteiger partial charge in [-0.2, -0.15) is 0 Å². The molecule has 3 aromatic rings. The summed E-state index contributed by atoms with van der Waals surface area (Å²) in [7, 11) is 2.93. The van der Waals surface area contributed by atoms with E-state index in [0.717, 1.165) is 21.2 Å². The van der Waals surface area contributed by atoms with E-state index >= 15 is 0 Å². The van der Waals surface area contributed by atoms with Gasteiger partial charge in [-0.05, 0) is 46.2 Å². The van der Waals surface area contributed by atoms with E-state index in [9.17, 15) is 9.59 Å². The van der Waals surface area contributed by atoms with E-state index in [4.69, 9.17) is 21.1 Å². The normalized spacial score (nSPS) is 15.0. The van der Waals surface area contributed by atoms with Crippen molar-refractivity contribution in [3.05, 3.63) is 76.4 Å². The highest BCUT2D eigenvalue weighted by atomic mass is 35.5. The van der Waals surface area contributed by atoms with Gasteiger partial charge in [0.2, 0.25) is 0 Å². The number of urea groups is 1. The number of ether oxygens (including phenoxy) is 2. The Hall–Kier alpha value is -3.51. The third-order valence-electron chi connectivity index (χ3n) is 4.84. The van der Waals surface area contributed by atoms with Gasteiger partial charge in [-0.3, -0.25) is 9.69 Å². The monoisotopic (exact) mass is 422 g/mol. The van der Waals surface area contributed by atoms with Crippen molar-refractivity contribution >= 4 is 40.4 Å². The van der Waals surface area contributed by atoms with Crippen LogP contribution in [0, 0.1) is 0 Å². The van der Waals surface area contributed by atoms with E-state index in [1.165, 1.54) is 14.2 Å². The number of nitrogens with zero attached hydrogens (tertiary/aromatic N) is 1. The molecule has 0 atom stereocenters. The third kappa shape index (κ3) is 3.82. The summed E-state index contributed by atoms with van der Waals surface area (Å²) in [4.78, 5) is 24.7. The van der Waals surface area contributed by atoms with E-state index in [2.05, 4.69) is 23.5 Å². The number of fused-ring (bicyclic) bond motifs is 1. The van der Waals surface area contributed by atoms with Gasteiger partial charge in [0.15, 0.2) is 11.5 Å². The Morgan fingerprint density at radius 3 is 2.53 bits per heavy atom. The summed E-state index contributed by atoms with van der Waals surface area (Å²) < 4.78 is 11.4. The van der Waals surface area contributed by atoms with Crippen LogP contribution in [-0.4, -0.2) is 31.0 Å². The van der Waals surface area contributed by atoms with E-state index in [1.807, 2.05) is 24.3 Å². The fourth-order valence-corrected chi connectivity index (χ4v) is 3.51. The van der Waals surface area contributed by atoms with Gasteiger partial charge in [0.25, 0.3) is 5.91 Å². The fraction of sp³-hybridized carbons (Fsp3) is 0.130. The molecule has 4 rings (SSSR count). The summed E-state index contributed by atoms with van der Waals surface area (Å²) in [5.74, 6) is 0.431. The van der Waals surface area contributed by atoms with Gasteiger partial charge in [-0.1, -0.05) is 48.0 Å². The molecule has 1 saturated heterocycles. The average molecular weight is 423 g/mol. The molecule has 0 spiro atoms. The van der Waals surface area contributed by atoms with Crippen LogP contribution in [0.5, 0.6) is 11.5 Å².